The molecule has 0 fully saturated rings. The van der Waals surface area contributed by atoms with Crippen LogP contribution in [0, 0.1) is 25.2 Å². The lowest BCUT2D eigenvalue weighted by molar-refractivity contribution is 0.295. The van der Waals surface area contributed by atoms with Gasteiger partial charge in [-0.25, -0.2) is 0 Å². The molecule has 0 saturated heterocycles. The van der Waals surface area contributed by atoms with Crippen LogP contribution in [0.3, 0.4) is 0 Å². The van der Waals surface area contributed by atoms with Crippen LogP contribution in [-0.4, -0.2) is 6.61 Å². The topological polar surface area (TPSA) is 33.0 Å². The standard InChI is InChI=1S/C20H23NO/c1-16-12-17(2)14-19(13-16)22-11-7-10-20(3,15-21)18-8-5-4-6-9-18/h4-6,8-9,12-14H,7,10-11H2,1-3H3. The van der Waals surface area contributed by atoms with Crippen molar-refractivity contribution in [3.05, 3.63) is 65.2 Å². The first-order chi connectivity index (χ1) is 10.5. The fourth-order valence-electron chi connectivity index (χ4n) is 2.70. The molecule has 0 bridgehead atoms. The minimum atomic E-state index is -0.451. The summed E-state index contributed by atoms with van der Waals surface area (Å²) in [7, 11) is 0. The lowest BCUT2D eigenvalue weighted by atomic mass is 9.80. The molecule has 0 aliphatic carbocycles. The molecule has 0 aromatic heterocycles. The highest BCUT2D eigenvalue weighted by molar-refractivity contribution is 5.33. The monoisotopic (exact) mass is 293 g/mol. The van der Waals surface area contributed by atoms with Crippen LogP contribution in [0.1, 0.15) is 36.5 Å². The number of nitrogens with zero attached hydrogens (tertiary/aromatic N) is 1. The number of nitriles is 1. The van der Waals surface area contributed by atoms with Crippen molar-refractivity contribution in [2.75, 3.05) is 6.61 Å². The summed E-state index contributed by atoms with van der Waals surface area (Å²) in [6, 6.07) is 18.7. The second kappa shape index (κ2) is 7.13. The molecule has 1 atom stereocenters. The van der Waals surface area contributed by atoms with Crippen molar-refractivity contribution in [1.29, 1.82) is 5.26 Å². The van der Waals surface area contributed by atoms with Crippen molar-refractivity contribution in [3.63, 3.8) is 0 Å². The van der Waals surface area contributed by atoms with Gasteiger partial charge in [0.1, 0.15) is 5.75 Å². The van der Waals surface area contributed by atoms with Gasteiger partial charge in [-0.2, -0.15) is 5.26 Å². The van der Waals surface area contributed by atoms with Crippen LogP contribution >= 0.6 is 0 Å². The van der Waals surface area contributed by atoms with Crippen LogP contribution in [0.4, 0.5) is 0 Å². The predicted octanol–water partition coefficient (Wildman–Crippen LogP) is 4.94. The molecule has 0 spiro atoms. The highest BCUT2D eigenvalue weighted by Crippen LogP contribution is 2.28. The maximum Gasteiger partial charge on any atom is 0.119 e. The number of benzene rings is 2. The third-order valence-corrected chi connectivity index (χ3v) is 3.94. The van der Waals surface area contributed by atoms with Gasteiger partial charge in [-0.3, -0.25) is 0 Å². The molecule has 2 rings (SSSR count). The summed E-state index contributed by atoms with van der Waals surface area (Å²) >= 11 is 0. The molecule has 0 saturated carbocycles. The van der Waals surface area contributed by atoms with E-state index in [0.29, 0.717) is 6.61 Å². The normalized spacial score (nSPS) is 13.2. The molecule has 0 radical (unpaired) electrons. The van der Waals surface area contributed by atoms with Crippen LogP contribution in [0.2, 0.25) is 0 Å². The molecule has 0 aliphatic heterocycles. The van der Waals surface area contributed by atoms with Crippen LogP contribution < -0.4 is 4.74 Å². The first-order valence-corrected chi connectivity index (χ1v) is 7.71. The Kier molecular flexibility index (Phi) is 5.22. The number of hydrogen-bond donors (Lipinski definition) is 0. The lowest BCUT2D eigenvalue weighted by Gasteiger charge is -2.22. The maximum atomic E-state index is 9.54. The number of ether oxygens (including phenoxy) is 1. The Labute approximate surface area is 133 Å². The largest absolute Gasteiger partial charge is 0.494 e. The molecule has 2 nitrogen and oxygen atoms in total. The Morgan fingerprint density at radius 2 is 1.68 bits per heavy atom. The summed E-state index contributed by atoms with van der Waals surface area (Å²) in [5.74, 6) is 0.913. The van der Waals surface area contributed by atoms with Gasteiger partial charge >= 0.3 is 0 Å². The van der Waals surface area contributed by atoms with E-state index in [9.17, 15) is 5.26 Å². The second-order valence-corrected chi connectivity index (χ2v) is 6.09. The van der Waals surface area contributed by atoms with E-state index in [1.807, 2.05) is 49.4 Å². The zero-order chi connectivity index (χ0) is 16.0. The van der Waals surface area contributed by atoms with Crippen molar-refractivity contribution < 1.29 is 4.74 Å². The Hall–Kier alpha value is -2.27. The van der Waals surface area contributed by atoms with Gasteiger partial charge in [0, 0.05) is 0 Å². The highest BCUT2D eigenvalue weighted by Gasteiger charge is 2.25. The Balaban J connectivity index is 1.91. The molecule has 0 amide bonds. The zero-order valence-corrected chi connectivity index (χ0v) is 13.6. The number of aryl methyl sites for hydroxylation is 2. The molecule has 22 heavy (non-hydrogen) atoms. The molecule has 0 aliphatic rings. The van der Waals surface area contributed by atoms with Gasteiger partial charge in [0.25, 0.3) is 0 Å². The molecular weight excluding hydrogens is 270 g/mol. The SMILES string of the molecule is Cc1cc(C)cc(OCCCC(C)(C#N)c2ccccc2)c1. The van der Waals surface area contributed by atoms with E-state index >= 15 is 0 Å². The van der Waals surface area contributed by atoms with E-state index in [1.165, 1.54) is 11.1 Å². The molecular formula is C20H23NO. The van der Waals surface area contributed by atoms with Gasteiger partial charge in [-0.15, -0.1) is 0 Å². The Morgan fingerprint density at radius 1 is 1.05 bits per heavy atom. The van der Waals surface area contributed by atoms with Gasteiger partial charge in [0.2, 0.25) is 0 Å². The van der Waals surface area contributed by atoms with E-state index in [0.717, 1.165) is 24.2 Å². The fourth-order valence-corrected chi connectivity index (χ4v) is 2.70. The van der Waals surface area contributed by atoms with E-state index in [1.54, 1.807) is 0 Å². The van der Waals surface area contributed by atoms with Crippen LogP contribution in [0.5, 0.6) is 5.75 Å². The molecule has 0 heterocycles. The molecule has 1 unspecified atom stereocenters. The summed E-state index contributed by atoms with van der Waals surface area (Å²) in [5.41, 5.74) is 3.04. The maximum absolute atomic E-state index is 9.54. The molecule has 0 N–H and O–H groups in total. The fraction of sp³-hybridized carbons (Fsp3) is 0.350. The lowest BCUT2D eigenvalue weighted by Crippen LogP contribution is -2.20. The summed E-state index contributed by atoms with van der Waals surface area (Å²) in [6.07, 6.45) is 1.64. The van der Waals surface area contributed by atoms with E-state index in [-0.39, 0.29) is 0 Å². The van der Waals surface area contributed by atoms with E-state index in [4.69, 9.17) is 4.74 Å². The summed E-state index contributed by atoms with van der Waals surface area (Å²) in [4.78, 5) is 0. The Morgan fingerprint density at radius 3 is 2.27 bits per heavy atom. The summed E-state index contributed by atoms with van der Waals surface area (Å²) in [6.45, 7) is 6.77. The average Bonchev–Trinajstić information content (AvgIpc) is 2.51. The van der Waals surface area contributed by atoms with Crippen LogP contribution in [-0.2, 0) is 5.41 Å². The predicted molar refractivity (Wildman–Crippen MR) is 90.1 cm³/mol. The molecule has 2 heteroatoms. The van der Waals surface area contributed by atoms with Crippen molar-refractivity contribution in [3.8, 4) is 11.8 Å². The molecule has 114 valence electrons. The smallest absolute Gasteiger partial charge is 0.119 e. The van der Waals surface area contributed by atoms with Gasteiger partial charge in [0.05, 0.1) is 18.1 Å². The van der Waals surface area contributed by atoms with Crippen LogP contribution in [0.15, 0.2) is 48.5 Å². The first-order valence-electron chi connectivity index (χ1n) is 7.71. The van der Waals surface area contributed by atoms with E-state index < -0.39 is 5.41 Å². The zero-order valence-electron chi connectivity index (χ0n) is 13.6. The van der Waals surface area contributed by atoms with Gasteiger partial charge in [0.15, 0.2) is 0 Å². The van der Waals surface area contributed by atoms with Crippen molar-refractivity contribution in [2.24, 2.45) is 0 Å². The molecule has 2 aromatic carbocycles. The van der Waals surface area contributed by atoms with Gasteiger partial charge < -0.3 is 4.74 Å². The first kappa shape index (κ1) is 16.1. The quantitative estimate of drug-likeness (QED) is 0.706. The Bertz CT molecular complexity index is 637. The summed E-state index contributed by atoms with van der Waals surface area (Å²) in [5, 5.41) is 9.54. The van der Waals surface area contributed by atoms with Gasteiger partial charge in [-0.05, 0) is 62.4 Å². The third-order valence-electron chi connectivity index (χ3n) is 3.94. The van der Waals surface area contributed by atoms with Crippen LogP contribution in [0.25, 0.3) is 0 Å². The van der Waals surface area contributed by atoms with Crippen molar-refractivity contribution in [2.45, 2.75) is 39.0 Å². The minimum Gasteiger partial charge on any atom is -0.494 e. The third kappa shape index (κ3) is 4.11. The second-order valence-electron chi connectivity index (χ2n) is 6.09. The summed E-state index contributed by atoms with van der Waals surface area (Å²) < 4.78 is 5.83. The number of rotatable bonds is 6. The number of hydrogen-bond acceptors (Lipinski definition) is 2. The van der Waals surface area contributed by atoms with Crippen molar-refractivity contribution >= 4 is 0 Å². The average molecular weight is 293 g/mol. The molecule has 2 aromatic rings. The van der Waals surface area contributed by atoms with Gasteiger partial charge in [-0.1, -0.05) is 36.4 Å². The van der Waals surface area contributed by atoms with Crippen molar-refractivity contribution in [1.82, 2.24) is 0 Å². The minimum absolute atomic E-state index is 0.451. The van der Waals surface area contributed by atoms with E-state index in [2.05, 4.69) is 26.0 Å². The highest BCUT2D eigenvalue weighted by atomic mass is 16.5.